The maximum atomic E-state index is 12.1. The molecule has 0 saturated heterocycles. The SMILES string of the molecule is NCc1cn(CC(=O)c2cc3cccc(Cl)c3o2)nn1. The average molecular weight is 291 g/mol. The van der Waals surface area contributed by atoms with Crippen LogP contribution < -0.4 is 5.73 Å². The summed E-state index contributed by atoms with van der Waals surface area (Å²) < 4.78 is 6.93. The number of benzene rings is 1. The molecule has 2 heterocycles. The number of fused-ring (bicyclic) bond motifs is 1. The van der Waals surface area contributed by atoms with Crippen molar-refractivity contribution in [2.75, 3.05) is 0 Å². The molecule has 3 rings (SSSR count). The molecule has 1 aromatic carbocycles. The number of nitrogens with two attached hydrogens (primary N) is 1. The molecule has 0 fully saturated rings. The molecule has 0 radical (unpaired) electrons. The van der Waals surface area contributed by atoms with E-state index in [1.165, 1.54) is 4.68 Å². The molecule has 0 unspecified atom stereocenters. The van der Waals surface area contributed by atoms with Gasteiger partial charge in [-0.2, -0.15) is 0 Å². The summed E-state index contributed by atoms with van der Waals surface area (Å²) in [5.41, 5.74) is 6.58. The third kappa shape index (κ3) is 2.31. The Labute approximate surface area is 119 Å². The first-order chi connectivity index (χ1) is 9.67. The van der Waals surface area contributed by atoms with Crippen molar-refractivity contribution >= 4 is 28.4 Å². The van der Waals surface area contributed by atoms with Crippen LogP contribution in [0.3, 0.4) is 0 Å². The number of hydrogen-bond acceptors (Lipinski definition) is 5. The molecule has 0 saturated carbocycles. The van der Waals surface area contributed by atoms with E-state index < -0.39 is 0 Å². The van der Waals surface area contributed by atoms with E-state index in [0.29, 0.717) is 16.3 Å². The Balaban J connectivity index is 1.86. The van der Waals surface area contributed by atoms with Gasteiger partial charge in [0.1, 0.15) is 6.54 Å². The van der Waals surface area contributed by atoms with Gasteiger partial charge in [-0.1, -0.05) is 28.9 Å². The first-order valence-electron chi connectivity index (χ1n) is 5.97. The number of para-hydroxylation sites is 1. The normalized spacial score (nSPS) is 11.1. The van der Waals surface area contributed by atoms with Gasteiger partial charge in [-0.3, -0.25) is 4.79 Å². The largest absolute Gasteiger partial charge is 0.451 e. The van der Waals surface area contributed by atoms with Gasteiger partial charge < -0.3 is 10.2 Å². The van der Waals surface area contributed by atoms with Crippen LogP contribution in [0.25, 0.3) is 11.0 Å². The minimum atomic E-state index is -0.203. The van der Waals surface area contributed by atoms with E-state index in [1.807, 2.05) is 6.07 Å². The molecule has 0 atom stereocenters. The van der Waals surface area contributed by atoms with Gasteiger partial charge in [0.05, 0.1) is 16.9 Å². The predicted octanol–water partition coefficient (Wildman–Crippen LogP) is 2.02. The van der Waals surface area contributed by atoms with Crippen molar-refractivity contribution in [1.82, 2.24) is 15.0 Å². The Hall–Kier alpha value is -2.18. The Morgan fingerprint density at radius 1 is 1.45 bits per heavy atom. The molecule has 2 aromatic heterocycles. The lowest BCUT2D eigenvalue weighted by molar-refractivity contribution is 0.0942. The summed E-state index contributed by atoms with van der Waals surface area (Å²) >= 11 is 6.01. The third-order valence-electron chi connectivity index (χ3n) is 2.87. The summed E-state index contributed by atoms with van der Waals surface area (Å²) in [6.07, 6.45) is 1.63. The van der Waals surface area contributed by atoms with Crippen molar-refractivity contribution in [2.45, 2.75) is 13.1 Å². The maximum Gasteiger partial charge on any atom is 0.219 e. The van der Waals surface area contributed by atoms with E-state index >= 15 is 0 Å². The van der Waals surface area contributed by atoms with E-state index in [0.717, 1.165) is 5.39 Å². The number of hydrogen-bond donors (Lipinski definition) is 1. The lowest BCUT2D eigenvalue weighted by atomic mass is 10.2. The lowest BCUT2D eigenvalue weighted by Crippen LogP contribution is -2.10. The zero-order valence-electron chi connectivity index (χ0n) is 10.4. The summed E-state index contributed by atoms with van der Waals surface area (Å²) in [5.74, 6) is 0.0450. The van der Waals surface area contributed by atoms with Crippen LogP contribution >= 0.6 is 11.6 Å². The van der Waals surface area contributed by atoms with E-state index in [-0.39, 0.29) is 24.6 Å². The van der Waals surface area contributed by atoms with Gasteiger partial charge in [-0.25, -0.2) is 4.68 Å². The zero-order valence-corrected chi connectivity index (χ0v) is 11.2. The molecule has 0 amide bonds. The topological polar surface area (TPSA) is 86.9 Å². The Morgan fingerprint density at radius 3 is 3.00 bits per heavy atom. The van der Waals surface area contributed by atoms with Crippen molar-refractivity contribution < 1.29 is 9.21 Å². The highest BCUT2D eigenvalue weighted by atomic mass is 35.5. The minimum Gasteiger partial charge on any atom is -0.451 e. The van der Waals surface area contributed by atoms with Crippen LogP contribution in [0.4, 0.5) is 0 Å². The van der Waals surface area contributed by atoms with Gasteiger partial charge in [0.2, 0.25) is 5.78 Å². The molecule has 0 bridgehead atoms. The standard InChI is InChI=1S/C13H11ClN4O2/c14-10-3-1-2-8-4-12(20-13(8)10)11(19)7-18-6-9(5-15)16-17-18/h1-4,6H,5,7,15H2. The fraction of sp³-hybridized carbons (Fsp3) is 0.154. The van der Waals surface area contributed by atoms with Gasteiger partial charge >= 0.3 is 0 Å². The molecule has 0 aliphatic carbocycles. The van der Waals surface area contributed by atoms with Crippen molar-refractivity contribution in [2.24, 2.45) is 5.73 Å². The third-order valence-corrected chi connectivity index (χ3v) is 3.17. The molecule has 2 N–H and O–H groups in total. The number of carbonyl (C=O) groups excluding carboxylic acids is 1. The van der Waals surface area contributed by atoms with Gasteiger partial charge in [-0.05, 0) is 12.1 Å². The van der Waals surface area contributed by atoms with Crippen molar-refractivity contribution in [3.63, 3.8) is 0 Å². The van der Waals surface area contributed by atoms with Gasteiger partial charge in [0.25, 0.3) is 0 Å². The Bertz CT molecular complexity index is 778. The van der Waals surface area contributed by atoms with Crippen LogP contribution in [-0.4, -0.2) is 20.8 Å². The fourth-order valence-corrected chi connectivity index (χ4v) is 2.12. The van der Waals surface area contributed by atoms with Gasteiger partial charge in [0.15, 0.2) is 11.3 Å². The predicted molar refractivity (Wildman–Crippen MR) is 73.5 cm³/mol. The highest BCUT2D eigenvalue weighted by Gasteiger charge is 2.15. The van der Waals surface area contributed by atoms with Crippen LogP contribution in [0.1, 0.15) is 16.2 Å². The van der Waals surface area contributed by atoms with E-state index in [1.54, 1.807) is 24.4 Å². The van der Waals surface area contributed by atoms with Crippen molar-refractivity contribution in [3.05, 3.63) is 46.9 Å². The maximum absolute atomic E-state index is 12.1. The van der Waals surface area contributed by atoms with Gasteiger partial charge in [0, 0.05) is 11.9 Å². The van der Waals surface area contributed by atoms with Gasteiger partial charge in [-0.15, -0.1) is 5.10 Å². The Kier molecular flexibility index (Phi) is 3.25. The number of halogens is 1. The number of ketones is 1. The first kappa shape index (κ1) is 12.8. The number of furan rings is 1. The smallest absolute Gasteiger partial charge is 0.219 e. The number of aromatic nitrogens is 3. The van der Waals surface area contributed by atoms with E-state index in [9.17, 15) is 4.79 Å². The van der Waals surface area contributed by atoms with Crippen LogP contribution in [0.2, 0.25) is 5.02 Å². The highest BCUT2D eigenvalue weighted by molar-refractivity contribution is 6.34. The van der Waals surface area contributed by atoms with Crippen molar-refractivity contribution in [3.8, 4) is 0 Å². The Morgan fingerprint density at radius 2 is 2.30 bits per heavy atom. The molecule has 3 aromatic rings. The van der Waals surface area contributed by atoms with Crippen molar-refractivity contribution in [1.29, 1.82) is 0 Å². The molecule has 102 valence electrons. The van der Waals surface area contributed by atoms with Crippen LogP contribution in [0.15, 0.2) is 34.9 Å². The summed E-state index contributed by atoms with van der Waals surface area (Å²) in [7, 11) is 0. The second-order valence-electron chi connectivity index (χ2n) is 4.30. The number of Topliss-reactive ketones (excluding diaryl/α,β-unsaturated/α-hetero) is 1. The molecule has 0 aliphatic heterocycles. The molecule has 0 aliphatic rings. The number of carbonyl (C=O) groups is 1. The quantitative estimate of drug-likeness (QED) is 0.743. The molecule has 6 nitrogen and oxygen atoms in total. The van der Waals surface area contributed by atoms with Crippen LogP contribution in [-0.2, 0) is 13.1 Å². The second-order valence-corrected chi connectivity index (χ2v) is 4.71. The monoisotopic (exact) mass is 290 g/mol. The fourth-order valence-electron chi connectivity index (χ4n) is 1.90. The molecule has 0 spiro atoms. The minimum absolute atomic E-state index is 0.0461. The van der Waals surface area contributed by atoms with E-state index in [4.69, 9.17) is 21.8 Å². The summed E-state index contributed by atoms with van der Waals surface area (Å²) in [5, 5.41) is 8.92. The number of rotatable bonds is 4. The molecular formula is C13H11ClN4O2. The summed E-state index contributed by atoms with van der Waals surface area (Å²) in [6, 6.07) is 7.03. The highest BCUT2D eigenvalue weighted by Crippen LogP contribution is 2.26. The summed E-state index contributed by atoms with van der Waals surface area (Å²) in [6.45, 7) is 0.332. The lowest BCUT2D eigenvalue weighted by Gasteiger charge is -1.96. The molecule has 7 heteroatoms. The zero-order chi connectivity index (χ0) is 14.1. The van der Waals surface area contributed by atoms with Crippen LogP contribution in [0.5, 0.6) is 0 Å². The van der Waals surface area contributed by atoms with E-state index in [2.05, 4.69) is 10.3 Å². The summed E-state index contributed by atoms with van der Waals surface area (Å²) in [4.78, 5) is 12.1. The number of nitrogens with zero attached hydrogens (tertiary/aromatic N) is 3. The second kappa shape index (κ2) is 5.07. The average Bonchev–Trinajstić information content (AvgIpc) is 3.05. The first-order valence-corrected chi connectivity index (χ1v) is 6.35. The molecular weight excluding hydrogens is 280 g/mol. The van der Waals surface area contributed by atoms with Crippen LogP contribution in [0, 0.1) is 0 Å². The molecule has 20 heavy (non-hydrogen) atoms.